The minimum atomic E-state index is -0.944. The summed E-state index contributed by atoms with van der Waals surface area (Å²) in [6, 6.07) is 9.66. The SMILES string of the molecule is O=C(CSc1nc2cc(F)c(F)cc2[nH]1)c1c[nH]c2ccccc12. The van der Waals surface area contributed by atoms with Crippen molar-refractivity contribution in [2.24, 2.45) is 0 Å². The monoisotopic (exact) mass is 343 g/mol. The first-order valence-electron chi connectivity index (χ1n) is 7.19. The summed E-state index contributed by atoms with van der Waals surface area (Å²) >= 11 is 1.20. The smallest absolute Gasteiger partial charge is 0.175 e. The highest BCUT2D eigenvalue weighted by Gasteiger charge is 2.14. The number of nitrogens with one attached hydrogen (secondary N) is 2. The van der Waals surface area contributed by atoms with Gasteiger partial charge in [-0.2, -0.15) is 0 Å². The van der Waals surface area contributed by atoms with Crippen LogP contribution in [0.15, 0.2) is 47.8 Å². The molecule has 2 aromatic heterocycles. The highest BCUT2D eigenvalue weighted by atomic mass is 32.2. The standard InChI is InChI=1S/C17H11F2N3OS/c18-11-5-14-15(6-12(11)19)22-17(21-14)24-8-16(23)10-7-20-13-4-2-1-3-9(10)13/h1-7,20H,8H2,(H,21,22). The van der Waals surface area contributed by atoms with Crippen LogP contribution in [-0.2, 0) is 0 Å². The fraction of sp³-hybridized carbons (Fsp3) is 0.0588. The van der Waals surface area contributed by atoms with Crippen LogP contribution in [-0.4, -0.2) is 26.5 Å². The van der Waals surface area contributed by atoms with Gasteiger partial charge in [0, 0.05) is 34.8 Å². The number of para-hydroxylation sites is 1. The van der Waals surface area contributed by atoms with E-state index in [-0.39, 0.29) is 11.5 Å². The van der Waals surface area contributed by atoms with Crippen LogP contribution in [0.25, 0.3) is 21.9 Å². The van der Waals surface area contributed by atoms with Gasteiger partial charge < -0.3 is 9.97 Å². The molecule has 0 aliphatic heterocycles. The summed E-state index contributed by atoms with van der Waals surface area (Å²) in [7, 11) is 0. The minimum absolute atomic E-state index is 0.0460. The third-order valence-electron chi connectivity index (χ3n) is 3.73. The summed E-state index contributed by atoms with van der Waals surface area (Å²) in [5.74, 6) is -1.75. The lowest BCUT2D eigenvalue weighted by Crippen LogP contribution is -2.01. The zero-order valence-corrected chi connectivity index (χ0v) is 13.1. The number of Topliss-reactive ketones (excluding diaryl/α,β-unsaturated/α-hetero) is 1. The fourth-order valence-corrected chi connectivity index (χ4v) is 3.33. The van der Waals surface area contributed by atoms with E-state index in [2.05, 4.69) is 15.0 Å². The molecule has 24 heavy (non-hydrogen) atoms. The maximum absolute atomic E-state index is 13.2. The van der Waals surface area contributed by atoms with Crippen molar-refractivity contribution in [3.8, 4) is 0 Å². The molecule has 4 nitrogen and oxygen atoms in total. The number of carbonyl (C=O) groups is 1. The van der Waals surface area contributed by atoms with Crippen molar-refractivity contribution in [2.75, 3.05) is 5.75 Å². The molecule has 120 valence electrons. The van der Waals surface area contributed by atoms with E-state index in [4.69, 9.17) is 0 Å². The first-order valence-corrected chi connectivity index (χ1v) is 8.17. The summed E-state index contributed by atoms with van der Waals surface area (Å²) in [5.41, 5.74) is 2.25. The Morgan fingerprint density at radius 2 is 1.92 bits per heavy atom. The number of fused-ring (bicyclic) bond motifs is 2. The first kappa shape index (κ1) is 14.9. The van der Waals surface area contributed by atoms with Crippen molar-refractivity contribution in [3.05, 3.63) is 59.8 Å². The second-order valence-corrected chi connectivity index (χ2v) is 6.25. The first-order chi connectivity index (χ1) is 11.6. The molecule has 0 radical (unpaired) electrons. The van der Waals surface area contributed by atoms with E-state index >= 15 is 0 Å². The van der Waals surface area contributed by atoms with Crippen LogP contribution < -0.4 is 0 Å². The summed E-state index contributed by atoms with van der Waals surface area (Å²) in [6.07, 6.45) is 1.69. The third kappa shape index (κ3) is 2.56. The molecule has 7 heteroatoms. The molecular weight excluding hydrogens is 332 g/mol. The lowest BCUT2D eigenvalue weighted by molar-refractivity contribution is 0.102. The van der Waals surface area contributed by atoms with Gasteiger partial charge in [0.25, 0.3) is 0 Å². The number of halogens is 2. The molecule has 0 unspecified atom stereocenters. The van der Waals surface area contributed by atoms with Gasteiger partial charge in [-0.1, -0.05) is 30.0 Å². The van der Waals surface area contributed by atoms with Crippen molar-refractivity contribution in [1.29, 1.82) is 0 Å². The quantitative estimate of drug-likeness (QED) is 0.429. The number of carbonyl (C=O) groups excluding carboxylic acids is 1. The van der Waals surface area contributed by atoms with Crippen molar-refractivity contribution < 1.29 is 13.6 Å². The molecule has 2 heterocycles. The van der Waals surface area contributed by atoms with Crippen LogP contribution in [0.2, 0.25) is 0 Å². The van der Waals surface area contributed by atoms with Gasteiger partial charge in [-0.05, 0) is 6.07 Å². The van der Waals surface area contributed by atoms with Crippen molar-refractivity contribution in [3.63, 3.8) is 0 Å². The Balaban J connectivity index is 1.55. The van der Waals surface area contributed by atoms with E-state index in [1.54, 1.807) is 6.20 Å². The van der Waals surface area contributed by atoms with E-state index in [0.717, 1.165) is 23.0 Å². The molecule has 0 amide bonds. The molecule has 0 fully saturated rings. The molecule has 2 N–H and O–H groups in total. The lowest BCUT2D eigenvalue weighted by Gasteiger charge is -1.98. The Hall–Kier alpha value is -2.67. The number of ketones is 1. The van der Waals surface area contributed by atoms with Gasteiger partial charge in [-0.15, -0.1) is 0 Å². The fourth-order valence-electron chi connectivity index (χ4n) is 2.56. The van der Waals surface area contributed by atoms with Crippen molar-refractivity contribution in [2.45, 2.75) is 5.16 Å². The van der Waals surface area contributed by atoms with Gasteiger partial charge in [0.1, 0.15) is 0 Å². The van der Waals surface area contributed by atoms with E-state index < -0.39 is 11.6 Å². The molecule has 0 spiro atoms. The Bertz CT molecular complexity index is 1030. The van der Waals surface area contributed by atoms with Crippen molar-refractivity contribution >= 4 is 39.5 Å². The van der Waals surface area contributed by atoms with Gasteiger partial charge in [0.05, 0.1) is 16.8 Å². The normalized spacial score (nSPS) is 11.4. The topological polar surface area (TPSA) is 61.5 Å². The number of aromatic amines is 2. The van der Waals surface area contributed by atoms with Crippen LogP contribution in [0.1, 0.15) is 10.4 Å². The van der Waals surface area contributed by atoms with E-state index in [1.165, 1.54) is 11.8 Å². The molecule has 0 bridgehead atoms. The predicted molar refractivity (Wildman–Crippen MR) is 89.4 cm³/mol. The van der Waals surface area contributed by atoms with Crippen LogP contribution in [0.5, 0.6) is 0 Å². The number of nitrogens with zero attached hydrogens (tertiary/aromatic N) is 1. The Labute approximate surface area is 139 Å². The average molecular weight is 343 g/mol. The molecule has 0 aliphatic carbocycles. The van der Waals surface area contributed by atoms with Crippen LogP contribution in [0.4, 0.5) is 8.78 Å². The third-order valence-corrected chi connectivity index (χ3v) is 4.61. The molecule has 0 saturated carbocycles. The van der Waals surface area contributed by atoms with Crippen LogP contribution >= 0.6 is 11.8 Å². The largest absolute Gasteiger partial charge is 0.360 e. The number of hydrogen-bond donors (Lipinski definition) is 2. The van der Waals surface area contributed by atoms with Gasteiger partial charge in [-0.3, -0.25) is 4.79 Å². The lowest BCUT2D eigenvalue weighted by atomic mass is 10.1. The zero-order valence-electron chi connectivity index (χ0n) is 12.3. The maximum Gasteiger partial charge on any atom is 0.175 e. The highest BCUT2D eigenvalue weighted by Crippen LogP contribution is 2.24. The summed E-state index contributed by atoms with van der Waals surface area (Å²) in [4.78, 5) is 22.5. The van der Waals surface area contributed by atoms with E-state index in [9.17, 15) is 13.6 Å². The Kier molecular flexibility index (Phi) is 3.57. The molecule has 2 aromatic carbocycles. The number of rotatable bonds is 4. The number of imidazole rings is 1. The van der Waals surface area contributed by atoms with E-state index in [0.29, 0.717) is 21.8 Å². The molecule has 0 atom stereocenters. The number of hydrogen-bond acceptors (Lipinski definition) is 3. The second-order valence-electron chi connectivity index (χ2n) is 5.29. The summed E-state index contributed by atoms with van der Waals surface area (Å²) < 4.78 is 26.4. The number of benzene rings is 2. The number of H-pyrrole nitrogens is 2. The van der Waals surface area contributed by atoms with Crippen molar-refractivity contribution in [1.82, 2.24) is 15.0 Å². The van der Waals surface area contributed by atoms with Crippen LogP contribution in [0.3, 0.4) is 0 Å². The van der Waals surface area contributed by atoms with Gasteiger partial charge in [-0.25, -0.2) is 13.8 Å². The minimum Gasteiger partial charge on any atom is -0.360 e. The Morgan fingerprint density at radius 3 is 2.79 bits per heavy atom. The summed E-state index contributed by atoms with van der Waals surface area (Å²) in [6.45, 7) is 0. The van der Waals surface area contributed by atoms with Crippen LogP contribution in [0, 0.1) is 11.6 Å². The van der Waals surface area contributed by atoms with Gasteiger partial charge in [0.15, 0.2) is 22.6 Å². The van der Waals surface area contributed by atoms with E-state index in [1.807, 2.05) is 24.3 Å². The highest BCUT2D eigenvalue weighted by molar-refractivity contribution is 7.99. The molecule has 4 aromatic rings. The van der Waals surface area contributed by atoms with Gasteiger partial charge in [0.2, 0.25) is 0 Å². The second kappa shape index (κ2) is 5.76. The average Bonchev–Trinajstić information content (AvgIpc) is 3.17. The molecule has 4 rings (SSSR count). The molecular formula is C17H11F2N3OS. The maximum atomic E-state index is 13.2. The zero-order chi connectivity index (χ0) is 16.7. The summed E-state index contributed by atoms with van der Waals surface area (Å²) in [5, 5.41) is 1.32. The number of thioether (sulfide) groups is 1. The predicted octanol–water partition coefficient (Wildman–Crippen LogP) is 4.30. The number of aromatic nitrogens is 3. The molecule has 0 aliphatic rings. The van der Waals surface area contributed by atoms with Gasteiger partial charge >= 0.3 is 0 Å². The molecule has 0 saturated heterocycles. The Morgan fingerprint density at radius 1 is 1.12 bits per heavy atom.